The maximum atomic E-state index is 2.56. The lowest BCUT2D eigenvalue weighted by molar-refractivity contribution is 1.19. The van der Waals surface area contributed by atoms with Gasteiger partial charge >= 0.3 is 0 Å². The van der Waals surface area contributed by atoms with Crippen LogP contribution in [0.15, 0.2) is 290 Å². The Bertz CT molecular complexity index is 3120. The van der Waals surface area contributed by atoms with E-state index in [1.165, 1.54) is 78.1 Å². The molecular formula is C60H43NS2Si. The van der Waals surface area contributed by atoms with Crippen molar-refractivity contribution in [1.82, 2.24) is 0 Å². The van der Waals surface area contributed by atoms with E-state index in [4.69, 9.17) is 0 Å². The van der Waals surface area contributed by atoms with Gasteiger partial charge in [0.05, 0.1) is 5.69 Å². The SMILES string of the molecule is c1ccc(-c2ccc(N(c3ccc(-c4ccccc4)cc3)c3cccc4c3S(c3ccccc3)(c3ccccc3)c3ccccc3[Si]43c4ccccc4Sc4ccccc43)cc2)cc1. The lowest BCUT2D eigenvalue weighted by Crippen LogP contribution is -2.78. The van der Waals surface area contributed by atoms with Crippen molar-refractivity contribution in [2.45, 2.75) is 29.4 Å². The molecule has 1 spiro atoms. The second kappa shape index (κ2) is 15.9. The van der Waals surface area contributed by atoms with Gasteiger partial charge in [-0.25, -0.2) is 0 Å². The van der Waals surface area contributed by atoms with Gasteiger partial charge in [-0.3, -0.25) is 0 Å². The van der Waals surface area contributed by atoms with Crippen molar-refractivity contribution in [1.29, 1.82) is 0 Å². The first-order valence-electron chi connectivity index (χ1n) is 21.9. The summed E-state index contributed by atoms with van der Waals surface area (Å²) in [4.78, 5) is 10.8. The molecule has 0 aliphatic carbocycles. The van der Waals surface area contributed by atoms with E-state index in [2.05, 4.69) is 266 Å². The van der Waals surface area contributed by atoms with Crippen LogP contribution in [0.3, 0.4) is 0 Å². The molecule has 0 radical (unpaired) electrons. The van der Waals surface area contributed by atoms with Crippen molar-refractivity contribution in [2.24, 2.45) is 0 Å². The zero-order valence-electron chi connectivity index (χ0n) is 35.1. The Balaban J connectivity index is 1.24. The summed E-state index contributed by atoms with van der Waals surface area (Å²) in [5.41, 5.74) is 8.24. The third-order valence-electron chi connectivity index (χ3n) is 13.0. The van der Waals surface area contributed by atoms with E-state index >= 15 is 0 Å². The highest BCUT2D eigenvalue weighted by Crippen LogP contribution is 2.76. The molecular weight excluding hydrogens is 827 g/mol. The van der Waals surface area contributed by atoms with Crippen molar-refractivity contribution in [2.75, 3.05) is 4.90 Å². The Labute approximate surface area is 382 Å². The summed E-state index contributed by atoms with van der Waals surface area (Å²) >= 11 is 1.93. The van der Waals surface area contributed by atoms with Gasteiger partial charge in [-0.2, -0.15) is 0 Å². The smallest absolute Gasteiger partial charge is 0.184 e. The van der Waals surface area contributed by atoms with Crippen LogP contribution in [0.5, 0.6) is 0 Å². The quantitative estimate of drug-likeness (QED) is 0.147. The van der Waals surface area contributed by atoms with Gasteiger partial charge in [0, 0.05) is 40.7 Å². The third kappa shape index (κ3) is 5.94. The maximum Gasteiger partial charge on any atom is 0.184 e. The molecule has 2 aliphatic heterocycles. The molecule has 2 heterocycles. The van der Waals surface area contributed by atoms with Crippen LogP contribution in [-0.2, 0) is 0 Å². The average molecular weight is 870 g/mol. The van der Waals surface area contributed by atoms with Crippen molar-refractivity contribution in [3.63, 3.8) is 0 Å². The van der Waals surface area contributed by atoms with Gasteiger partial charge in [-0.1, -0.05) is 200 Å². The number of hydrogen-bond donors (Lipinski definition) is 0. The Morgan fingerprint density at radius 3 is 1.20 bits per heavy atom. The van der Waals surface area contributed by atoms with Gasteiger partial charge in [0.25, 0.3) is 0 Å². The van der Waals surface area contributed by atoms with Crippen LogP contribution in [-0.4, -0.2) is 8.07 Å². The molecule has 0 N–H and O–H groups in total. The number of nitrogens with zero attached hydrogens (tertiary/aromatic N) is 1. The summed E-state index contributed by atoms with van der Waals surface area (Å²) in [6.45, 7) is 0. The molecule has 0 unspecified atom stereocenters. The minimum absolute atomic E-state index is 1.12. The van der Waals surface area contributed by atoms with Gasteiger partial charge in [-0.05, 0) is 116 Å². The molecule has 12 rings (SSSR count). The molecule has 2 aliphatic rings. The Morgan fingerprint density at radius 1 is 0.312 bits per heavy atom. The molecule has 0 saturated heterocycles. The molecule has 0 saturated carbocycles. The van der Waals surface area contributed by atoms with Gasteiger partial charge < -0.3 is 4.90 Å². The van der Waals surface area contributed by atoms with Crippen LogP contribution in [0.1, 0.15) is 0 Å². The minimum Gasteiger partial charge on any atom is -0.309 e. The number of benzene rings is 10. The molecule has 0 bridgehead atoms. The maximum absolute atomic E-state index is 3.02. The zero-order valence-corrected chi connectivity index (χ0v) is 37.7. The van der Waals surface area contributed by atoms with E-state index < -0.39 is 18.1 Å². The molecule has 10 aromatic rings. The summed E-state index contributed by atoms with van der Waals surface area (Å²) in [7, 11) is -5.18. The van der Waals surface area contributed by atoms with E-state index in [9.17, 15) is 0 Å². The van der Waals surface area contributed by atoms with Crippen molar-refractivity contribution < 1.29 is 0 Å². The van der Waals surface area contributed by atoms with Gasteiger partial charge in [0.15, 0.2) is 8.07 Å². The molecule has 64 heavy (non-hydrogen) atoms. The number of fused-ring (bicyclic) bond motifs is 8. The van der Waals surface area contributed by atoms with E-state index in [0.29, 0.717) is 0 Å². The summed E-state index contributed by atoms with van der Waals surface area (Å²) in [5, 5.41) is 5.86. The Kier molecular flexibility index (Phi) is 9.60. The molecule has 0 fully saturated rings. The molecule has 1 nitrogen and oxygen atoms in total. The highest BCUT2D eigenvalue weighted by Gasteiger charge is 2.57. The van der Waals surface area contributed by atoms with Crippen molar-refractivity contribution >= 4 is 67.7 Å². The summed E-state index contributed by atoms with van der Waals surface area (Å²) in [6, 6.07) is 98.2. The first-order valence-corrected chi connectivity index (χ1v) is 26.4. The van der Waals surface area contributed by atoms with E-state index in [1.54, 1.807) is 0 Å². The molecule has 0 aromatic heterocycles. The van der Waals surface area contributed by atoms with Crippen LogP contribution in [0.2, 0.25) is 0 Å². The number of hydrogen-bond acceptors (Lipinski definition) is 2. The molecule has 10 aromatic carbocycles. The minimum atomic E-state index is -3.02. The highest BCUT2D eigenvalue weighted by molar-refractivity contribution is 8.34. The number of anilines is 3. The van der Waals surface area contributed by atoms with E-state index in [1.807, 2.05) is 11.8 Å². The fraction of sp³-hybridized carbons (Fsp3) is 0. The third-order valence-corrected chi connectivity index (χ3v) is 23.9. The van der Waals surface area contributed by atoms with E-state index in [-0.39, 0.29) is 0 Å². The lowest BCUT2D eigenvalue weighted by atomic mass is 10.0. The van der Waals surface area contributed by atoms with Crippen LogP contribution < -0.4 is 25.6 Å². The monoisotopic (exact) mass is 869 g/mol. The van der Waals surface area contributed by atoms with E-state index in [0.717, 1.165) is 11.4 Å². The predicted octanol–water partition coefficient (Wildman–Crippen LogP) is 14.0. The van der Waals surface area contributed by atoms with Gasteiger partial charge in [-0.15, -0.1) is 10.0 Å². The fourth-order valence-corrected chi connectivity index (χ4v) is 23.4. The summed E-state index contributed by atoms with van der Waals surface area (Å²) in [6.07, 6.45) is 0. The number of rotatable bonds is 7. The van der Waals surface area contributed by atoms with Crippen molar-refractivity contribution in [3.05, 3.63) is 261 Å². The normalized spacial score (nSPS) is 14.3. The largest absolute Gasteiger partial charge is 0.309 e. The van der Waals surface area contributed by atoms with Crippen LogP contribution in [0, 0.1) is 0 Å². The summed E-state index contributed by atoms with van der Waals surface area (Å²) in [5.74, 6) is 0. The predicted molar refractivity (Wildman–Crippen MR) is 273 cm³/mol. The zero-order chi connectivity index (χ0) is 42.5. The average Bonchev–Trinajstić information content (AvgIpc) is 3.38. The highest BCUT2D eigenvalue weighted by atomic mass is 32.3. The second-order valence-electron chi connectivity index (χ2n) is 16.4. The van der Waals surface area contributed by atoms with Crippen LogP contribution in [0.25, 0.3) is 22.3 Å². The Hall–Kier alpha value is -7.08. The second-order valence-corrected chi connectivity index (χ2v) is 24.1. The topological polar surface area (TPSA) is 3.24 Å². The lowest BCUT2D eigenvalue weighted by Gasteiger charge is -2.55. The van der Waals surface area contributed by atoms with Gasteiger partial charge in [0.2, 0.25) is 0 Å². The van der Waals surface area contributed by atoms with Crippen LogP contribution >= 0.6 is 21.8 Å². The Morgan fingerprint density at radius 2 is 0.703 bits per heavy atom. The summed E-state index contributed by atoms with van der Waals surface area (Å²) < 4.78 is 0. The molecule has 0 atom stereocenters. The van der Waals surface area contributed by atoms with Crippen molar-refractivity contribution in [3.8, 4) is 22.3 Å². The first-order chi connectivity index (χ1) is 31.8. The molecule has 304 valence electrons. The first kappa shape index (κ1) is 38.6. The standard InChI is InChI=1S/C60H43NS2Si/c1-5-20-44(21-6-1)46-36-40-48(41-37-46)61(49-42-38-47(39-43-49)45-22-7-2-8-23-45)52-28-19-35-59-60(52)63(50-24-9-3-10-25-50,51-26-11-4-12-27-51)55-31-15-18-34-58(55)64(59)56-32-16-13-29-53(56)62-54-30-14-17-33-57(54)64/h1-43H. The fourth-order valence-electron chi connectivity index (χ4n) is 10.4. The molecule has 0 amide bonds. The van der Waals surface area contributed by atoms with Gasteiger partial charge in [0.1, 0.15) is 0 Å². The molecule has 4 heteroatoms. The van der Waals surface area contributed by atoms with Crippen LogP contribution in [0.4, 0.5) is 17.1 Å².